The average Bonchev–Trinajstić information content (AvgIpc) is 2.33. The Morgan fingerprint density at radius 1 is 1.50 bits per heavy atom. The molecule has 2 rings (SSSR count). The van der Waals surface area contributed by atoms with E-state index in [0.29, 0.717) is 12.3 Å². The first kappa shape index (κ1) is 11.1. The molecule has 1 saturated heterocycles. The van der Waals surface area contributed by atoms with Crippen molar-refractivity contribution < 1.29 is 4.79 Å². The summed E-state index contributed by atoms with van der Waals surface area (Å²) < 4.78 is 0. The zero-order chi connectivity index (χ0) is 11.5. The molecule has 1 aliphatic rings. The number of pyridine rings is 1. The third-order valence-electron chi connectivity index (χ3n) is 3.34. The molecule has 0 radical (unpaired) electrons. The molecule has 1 aliphatic heterocycles. The number of amides is 1. The standard InChI is InChI=1S/C13H18N2O/c1-3-12-5-4-11(9-14-12)10-6-7-15(2)13(16)8-10/h4-5,9-10H,3,6-8H2,1-2H3. The molecule has 1 unspecified atom stereocenters. The molecule has 1 atom stereocenters. The van der Waals surface area contributed by atoms with Crippen LogP contribution in [0.1, 0.15) is 36.9 Å². The number of aryl methyl sites for hydroxylation is 1. The van der Waals surface area contributed by atoms with Gasteiger partial charge in [-0.3, -0.25) is 9.78 Å². The van der Waals surface area contributed by atoms with Crippen LogP contribution in [0.15, 0.2) is 18.3 Å². The highest BCUT2D eigenvalue weighted by Gasteiger charge is 2.24. The molecule has 2 heterocycles. The fraction of sp³-hybridized carbons (Fsp3) is 0.538. The van der Waals surface area contributed by atoms with E-state index in [4.69, 9.17) is 0 Å². The molecule has 1 amide bonds. The van der Waals surface area contributed by atoms with Crippen LogP contribution in [0, 0.1) is 0 Å². The van der Waals surface area contributed by atoms with Crippen molar-refractivity contribution in [3.63, 3.8) is 0 Å². The minimum absolute atomic E-state index is 0.246. The van der Waals surface area contributed by atoms with Crippen molar-refractivity contribution in [1.82, 2.24) is 9.88 Å². The van der Waals surface area contributed by atoms with Gasteiger partial charge in [-0.05, 0) is 30.4 Å². The third kappa shape index (κ3) is 2.23. The Morgan fingerprint density at radius 3 is 2.88 bits per heavy atom. The monoisotopic (exact) mass is 218 g/mol. The Hall–Kier alpha value is -1.38. The van der Waals surface area contributed by atoms with Crippen LogP contribution in [0.2, 0.25) is 0 Å². The normalized spacial score (nSPS) is 21.2. The highest BCUT2D eigenvalue weighted by Crippen LogP contribution is 2.27. The summed E-state index contributed by atoms with van der Waals surface area (Å²) in [4.78, 5) is 17.8. The van der Waals surface area contributed by atoms with E-state index < -0.39 is 0 Å². The van der Waals surface area contributed by atoms with Crippen LogP contribution < -0.4 is 0 Å². The quantitative estimate of drug-likeness (QED) is 0.760. The summed E-state index contributed by atoms with van der Waals surface area (Å²) in [6.07, 6.45) is 4.58. The second kappa shape index (κ2) is 4.64. The number of piperidine rings is 1. The molecular weight excluding hydrogens is 200 g/mol. The Balaban J connectivity index is 2.09. The van der Waals surface area contributed by atoms with Gasteiger partial charge in [0.2, 0.25) is 5.91 Å². The van der Waals surface area contributed by atoms with Gasteiger partial charge in [0.25, 0.3) is 0 Å². The summed E-state index contributed by atoms with van der Waals surface area (Å²) >= 11 is 0. The summed E-state index contributed by atoms with van der Waals surface area (Å²) in [5.41, 5.74) is 2.32. The number of nitrogens with zero attached hydrogens (tertiary/aromatic N) is 2. The van der Waals surface area contributed by atoms with Crippen molar-refractivity contribution in [2.24, 2.45) is 0 Å². The Labute approximate surface area is 96.5 Å². The lowest BCUT2D eigenvalue weighted by Gasteiger charge is -2.28. The van der Waals surface area contributed by atoms with Crippen LogP contribution >= 0.6 is 0 Å². The first-order chi connectivity index (χ1) is 7.70. The van der Waals surface area contributed by atoms with Crippen molar-refractivity contribution >= 4 is 5.91 Å². The van der Waals surface area contributed by atoms with Crippen molar-refractivity contribution in [2.45, 2.75) is 32.1 Å². The average molecular weight is 218 g/mol. The molecule has 1 aromatic rings. The van der Waals surface area contributed by atoms with Gasteiger partial charge in [0.15, 0.2) is 0 Å². The lowest BCUT2D eigenvalue weighted by molar-refractivity contribution is -0.132. The molecule has 16 heavy (non-hydrogen) atoms. The predicted molar refractivity (Wildman–Crippen MR) is 63.2 cm³/mol. The molecule has 1 aromatic heterocycles. The van der Waals surface area contributed by atoms with Crippen molar-refractivity contribution in [2.75, 3.05) is 13.6 Å². The van der Waals surface area contributed by atoms with Gasteiger partial charge < -0.3 is 4.90 Å². The smallest absolute Gasteiger partial charge is 0.222 e. The topological polar surface area (TPSA) is 33.2 Å². The minimum Gasteiger partial charge on any atom is -0.346 e. The van der Waals surface area contributed by atoms with Crippen molar-refractivity contribution in [3.05, 3.63) is 29.6 Å². The SMILES string of the molecule is CCc1ccc(C2CCN(C)C(=O)C2)cn1. The summed E-state index contributed by atoms with van der Waals surface area (Å²) in [7, 11) is 1.87. The first-order valence-electron chi connectivity index (χ1n) is 5.89. The van der Waals surface area contributed by atoms with E-state index in [-0.39, 0.29) is 5.91 Å². The number of rotatable bonds is 2. The van der Waals surface area contributed by atoms with Crippen LogP contribution in [0.4, 0.5) is 0 Å². The summed E-state index contributed by atoms with van der Waals surface area (Å²) in [6.45, 7) is 2.96. The van der Waals surface area contributed by atoms with E-state index in [1.807, 2.05) is 18.1 Å². The van der Waals surface area contributed by atoms with E-state index in [1.165, 1.54) is 5.56 Å². The summed E-state index contributed by atoms with van der Waals surface area (Å²) in [6, 6.07) is 4.19. The number of hydrogen-bond acceptors (Lipinski definition) is 2. The lowest BCUT2D eigenvalue weighted by atomic mass is 9.90. The Kier molecular flexibility index (Phi) is 3.22. The Bertz CT molecular complexity index is 372. The predicted octanol–water partition coefficient (Wildman–Crippen LogP) is 1.98. The lowest BCUT2D eigenvalue weighted by Crippen LogP contribution is -2.34. The molecule has 3 nitrogen and oxygen atoms in total. The van der Waals surface area contributed by atoms with Gasteiger partial charge in [-0.1, -0.05) is 13.0 Å². The largest absolute Gasteiger partial charge is 0.346 e. The fourth-order valence-electron chi connectivity index (χ4n) is 2.11. The molecule has 86 valence electrons. The zero-order valence-corrected chi connectivity index (χ0v) is 9.94. The van der Waals surface area contributed by atoms with Crippen LogP contribution in [0.3, 0.4) is 0 Å². The molecule has 1 fully saturated rings. The maximum absolute atomic E-state index is 11.6. The van der Waals surface area contributed by atoms with E-state index in [2.05, 4.69) is 24.0 Å². The van der Waals surface area contributed by atoms with Gasteiger partial charge in [-0.25, -0.2) is 0 Å². The maximum atomic E-state index is 11.6. The van der Waals surface area contributed by atoms with Gasteiger partial charge in [0.05, 0.1) is 0 Å². The first-order valence-corrected chi connectivity index (χ1v) is 5.89. The van der Waals surface area contributed by atoms with Crippen LogP contribution in [-0.4, -0.2) is 29.4 Å². The number of carbonyl (C=O) groups is 1. The number of likely N-dealkylation sites (tertiary alicyclic amines) is 1. The van der Waals surface area contributed by atoms with Crippen molar-refractivity contribution in [1.29, 1.82) is 0 Å². The van der Waals surface area contributed by atoms with E-state index >= 15 is 0 Å². The van der Waals surface area contributed by atoms with Gasteiger partial charge in [0, 0.05) is 31.9 Å². The molecule has 3 heteroatoms. The number of aromatic nitrogens is 1. The highest BCUT2D eigenvalue weighted by atomic mass is 16.2. The Morgan fingerprint density at radius 2 is 2.31 bits per heavy atom. The second-order valence-corrected chi connectivity index (χ2v) is 4.44. The van der Waals surface area contributed by atoms with Gasteiger partial charge in [0.1, 0.15) is 0 Å². The molecule has 0 bridgehead atoms. The number of hydrogen-bond donors (Lipinski definition) is 0. The van der Waals surface area contributed by atoms with E-state index in [0.717, 1.165) is 25.1 Å². The van der Waals surface area contributed by atoms with Gasteiger partial charge >= 0.3 is 0 Å². The molecule has 0 N–H and O–H groups in total. The molecule has 0 aromatic carbocycles. The fourth-order valence-corrected chi connectivity index (χ4v) is 2.11. The molecule has 0 spiro atoms. The van der Waals surface area contributed by atoms with Crippen LogP contribution in [0.25, 0.3) is 0 Å². The maximum Gasteiger partial charge on any atom is 0.222 e. The third-order valence-corrected chi connectivity index (χ3v) is 3.34. The highest BCUT2D eigenvalue weighted by molar-refractivity contribution is 5.77. The van der Waals surface area contributed by atoms with Gasteiger partial charge in [-0.15, -0.1) is 0 Å². The second-order valence-electron chi connectivity index (χ2n) is 4.44. The molecule has 0 aliphatic carbocycles. The molecule has 0 saturated carbocycles. The van der Waals surface area contributed by atoms with Crippen LogP contribution in [0.5, 0.6) is 0 Å². The number of carbonyl (C=O) groups excluding carboxylic acids is 1. The van der Waals surface area contributed by atoms with E-state index in [1.54, 1.807) is 0 Å². The van der Waals surface area contributed by atoms with Crippen molar-refractivity contribution in [3.8, 4) is 0 Å². The summed E-state index contributed by atoms with van der Waals surface area (Å²) in [5.74, 6) is 0.609. The van der Waals surface area contributed by atoms with Gasteiger partial charge in [-0.2, -0.15) is 0 Å². The zero-order valence-electron chi connectivity index (χ0n) is 9.94. The van der Waals surface area contributed by atoms with Crippen LogP contribution in [-0.2, 0) is 11.2 Å². The summed E-state index contributed by atoms with van der Waals surface area (Å²) in [5, 5.41) is 0. The van der Waals surface area contributed by atoms with E-state index in [9.17, 15) is 4.79 Å². The molecular formula is C13H18N2O. The minimum atomic E-state index is 0.246.